The minimum absolute atomic E-state index is 0.0846. The molecule has 0 radical (unpaired) electrons. The smallest absolute Gasteiger partial charge is 0.146 e. The molecule has 1 saturated heterocycles. The molecule has 1 aliphatic carbocycles. The largest absolute Gasteiger partial charge is 0.375 e. The second kappa shape index (κ2) is 6.42. The van der Waals surface area contributed by atoms with Gasteiger partial charge in [-0.1, -0.05) is 26.7 Å². The third-order valence-electron chi connectivity index (χ3n) is 4.16. The lowest BCUT2D eigenvalue weighted by Gasteiger charge is -2.37. The van der Waals surface area contributed by atoms with Crippen molar-refractivity contribution in [2.24, 2.45) is 11.8 Å². The number of rotatable bonds is 5. The minimum Gasteiger partial charge on any atom is -0.375 e. The molecule has 1 atom stereocenters. The molecule has 2 fully saturated rings. The molecule has 104 valence electrons. The molecule has 1 aliphatic heterocycles. The van der Waals surface area contributed by atoms with E-state index >= 15 is 0 Å². The van der Waals surface area contributed by atoms with Crippen molar-refractivity contribution in [2.75, 3.05) is 18.1 Å². The van der Waals surface area contributed by atoms with E-state index in [9.17, 15) is 4.79 Å². The fourth-order valence-corrected chi connectivity index (χ4v) is 4.21. The lowest BCUT2D eigenvalue weighted by Crippen LogP contribution is -2.40. The fraction of sp³-hybridized carbons (Fsp3) is 0.933. The normalized spacial score (nSPS) is 26.9. The van der Waals surface area contributed by atoms with Gasteiger partial charge in [-0.15, -0.1) is 0 Å². The standard InChI is InChI=1S/C15H26O2S/c1-12(2)10-18-11-14(16)13-5-8-17-15(9-13)6-3-4-7-15/h12-13H,3-11H2,1-2H3. The summed E-state index contributed by atoms with van der Waals surface area (Å²) in [4.78, 5) is 12.2. The lowest BCUT2D eigenvalue weighted by molar-refractivity contribution is -0.134. The molecular weight excluding hydrogens is 244 g/mol. The maximum atomic E-state index is 12.2. The average Bonchev–Trinajstić information content (AvgIpc) is 2.76. The Labute approximate surface area is 115 Å². The van der Waals surface area contributed by atoms with Crippen LogP contribution in [0.25, 0.3) is 0 Å². The van der Waals surface area contributed by atoms with Crippen LogP contribution in [0.4, 0.5) is 0 Å². The number of thioether (sulfide) groups is 1. The van der Waals surface area contributed by atoms with Gasteiger partial charge >= 0.3 is 0 Å². The van der Waals surface area contributed by atoms with Crippen LogP contribution in [0.5, 0.6) is 0 Å². The summed E-state index contributed by atoms with van der Waals surface area (Å²) < 4.78 is 5.99. The maximum absolute atomic E-state index is 12.2. The van der Waals surface area contributed by atoms with Crippen LogP contribution in [-0.2, 0) is 9.53 Å². The minimum atomic E-state index is 0.0846. The molecule has 3 heteroatoms. The summed E-state index contributed by atoms with van der Waals surface area (Å²) in [6, 6.07) is 0. The van der Waals surface area contributed by atoms with Gasteiger partial charge in [0.1, 0.15) is 5.78 Å². The number of Topliss-reactive ketones (excluding diaryl/α,β-unsaturated/α-hetero) is 1. The number of hydrogen-bond acceptors (Lipinski definition) is 3. The molecule has 2 rings (SSSR count). The summed E-state index contributed by atoms with van der Waals surface area (Å²) in [5.74, 6) is 3.23. The van der Waals surface area contributed by atoms with Crippen LogP contribution in [0.3, 0.4) is 0 Å². The molecule has 1 unspecified atom stereocenters. The van der Waals surface area contributed by atoms with E-state index in [1.165, 1.54) is 25.7 Å². The Bertz CT molecular complexity index is 282. The molecular formula is C15H26O2S. The zero-order chi connectivity index (χ0) is 13.0. The highest BCUT2D eigenvalue weighted by molar-refractivity contribution is 7.99. The number of ketones is 1. The van der Waals surface area contributed by atoms with Gasteiger partial charge in [0.05, 0.1) is 11.4 Å². The van der Waals surface area contributed by atoms with Gasteiger partial charge in [0, 0.05) is 12.5 Å². The van der Waals surface area contributed by atoms with E-state index in [0.29, 0.717) is 17.5 Å². The highest BCUT2D eigenvalue weighted by Gasteiger charge is 2.41. The summed E-state index contributed by atoms with van der Waals surface area (Å²) in [6.07, 6.45) is 6.86. The molecule has 0 aromatic heterocycles. The van der Waals surface area contributed by atoms with Crippen LogP contribution in [0.2, 0.25) is 0 Å². The molecule has 0 amide bonds. The van der Waals surface area contributed by atoms with E-state index in [1.807, 2.05) is 0 Å². The third kappa shape index (κ3) is 3.74. The summed E-state index contributed by atoms with van der Waals surface area (Å²) in [7, 11) is 0. The first kappa shape index (κ1) is 14.4. The van der Waals surface area contributed by atoms with E-state index in [1.54, 1.807) is 11.8 Å². The van der Waals surface area contributed by atoms with Gasteiger partial charge in [0.15, 0.2) is 0 Å². The van der Waals surface area contributed by atoms with Crippen molar-refractivity contribution in [3.63, 3.8) is 0 Å². The predicted molar refractivity (Wildman–Crippen MR) is 77.0 cm³/mol. The van der Waals surface area contributed by atoms with Crippen LogP contribution >= 0.6 is 11.8 Å². The van der Waals surface area contributed by atoms with E-state index in [0.717, 1.165) is 25.2 Å². The quantitative estimate of drug-likeness (QED) is 0.762. The van der Waals surface area contributed by atoms with Gasteiger partial charge in [0.25, 0.3) is 0 Å². The molecule has 0 aromatic carbocycles. The Balaban J connectivity index is 1.79. The van der Waals surface area contributed by atoms with Gasteiger partial charge in [-0.2, -0.15) is 11.8 Å². The van der Waals surface area contributed by atoms with E-state index in [4.69, 9.17) is 4.74 Å². The van der Waals surface area contributed by atoms with Gasteiger partial charge < -0.3 is 4.74 Å². The number of carbonyl (C=O) groups excluding carboxylic acids is 1. The molecule has 1 heterocycles. The Morgan fingerprint density at radius 3 is 2.78 bits per heavy atom. The van der Waals surface area contributed by atoms with Crippen LogP contribution in [0.15, 0.2) is 0 Å². The highest BCUT2D eigenvalue weighted by Crippen LogP contribution is 2.42. The van der Waals surface area contributed by atoms with E-state index in [-0.39, 0.29) is 11.5 Å². The summed E-state index contributed by atoms with van der Waals surface area (Å²) in [6.45, 7) is 5.21. The van der Waals surface area contributed by atoms with Crippen molar-refractivity contribution < 1.29 is 9.53 Å². The van der Waals surface area contributed by atoms with Crippen molar-refractivity contribution in [2.45, 2.75) is 58.0 Å². The van der Waals surface area contributed by atoms with Crippen LogP contribution in [0.1, 0.15) is 52.4 Å². The first-order valence-electron chi connectivity index (χ1n) is 7.36. The van der Waals surface area contributed by atoms with Crippen molar-refractivity contribution in [3.05, 3.63) is 0 Å². The first-order valence-corrected chi connectivity index (χ1v) is 8.51. The van der Waals surface area contributed by atoms with Gasteiger partial charge in [0.2, 0.25) is 0 Å². The summed E-state index contributed by atoms with van der Waals surface area (Å²) in [5.41, 5.74) is 0.0846. The monoisotopic (exact) mass is 270 g/mol. The second-order valence-electron chi connectivity index (χ2n) is 6.30. The Kier molecular flexibility index (Phi) is 5.14. The predicted octanol–water partition coefficient (Wildman–Crippen LogP) is 3.68. The molecule has 1 spiro atoms. The first-order chi connectivity index (χ1) is 8.61. The number of carbonyl (C=O) groups is 1. The van der Waals surface area contributed by atoms with Gasteiger partial charge in [-0.25, -0.2) is 0 Å². The van der Waals surface area contributed by atoms with Crippen molar-refractivity contribution in [1.82, 2.24) is 0 Å². The zero-order valence-corrected chi connectivity index (χ0v) is 12.6. The van der Waals surface area contributed by atoms with Gasteiger partial charge in [-0.05, 0) is 37.4 Å². The number of ether oxygens (including phenoxy) is 1. The van der Waals surface area contributed by atoms with E-state index in [2.05, 4.69) is 13.8 Å². The fourth-order valence-electron chi connectivity index (χ4n) is 3.18. The Hall–Kier alpha value is -0.0200. The van der Waals surface area contributed by atoms with Crippen molar-refractivity contribution in [1.29, 1.82) is 0 Å². The van der Waals surface area contributed by atoms with Gasteiger partial charge in [-0.3, -0.25) is 4.79 Å². The molecule has 0 aromatic rings. The molecule has 1 saturated carbocycles. The molecule has 18 heavy (non-hydrogen) atoms. The Morgan fingerprint density at radius 1 is 1.39 bits per heavy atom. The van der Waals surface area contributed by atoms with Crippen LogP contribution < -0.4 is 0 Å². The molecule has 0 bridgehead atoms. The Morgan fingerprint density at radius 2 is 2.11 bits per heavy atom. The average molecular weight is 270 g/mol. The second-order valence-corrected chi connectivity index (χ2v) is 7.33. The topological polar surface area (TPSA) is 26.3 Å². The molecule has 2 aliphatic rings. The third-order valence-corrected chi connectivity index (χ3v) is 5.55. The SMILES string of the molecule is CC(C)CSCC(=O)C1CCOC2(CCCC2)C1. The maximum Gasteiger partial charge on any atom is 0.146 e. The molecule has 2 nitrogen and oxygen atoms in total. The molecule has 0 N–H and O–H groups in total. The van der Waals surface area contributed by atoms with Crippen molar-refractivity contribution >= 4 is 17.5 Å². The van der Waals surface area contributed by atoms with E-state index < -0.39 is 0 Å². The highest BCUT2D eigenvalue weighted by atomic mass is 32.2. The zero-order valence-electron chi connectivity index (χ0n) is 11.7. The van der Waals surface area contributed by atoms with Crippen LogP contribution in [0, 0.1) is 11.8 Å². The number of hydrogen-bond donors (Lipinski definition) is 0. The summed E-state index contributed by atoms with van der Waals surface area (Å²) in [5, 5.41) is 0. The lowest BCUT2D eigenvalue weighted by atomic mass is 9.83. The van der Waals surface area contributed by atoms with Crippen molar-refractivity contribution in [3.8, 4) is 0 Å². The summed E-state index contributed by atoms with van der Waals surface area (Å²) >= 11 is 1.80. The van der Waals surface area contributed by atoms with Crippen LogP contribution in [-0.4, -0.2) is 29.5 Å².